The van der Waals surface area contributed by atoms with Crippen molar-refractivity contribution in [3.8, 4) is 0 Å². The summed E-state index contributed by atoms with van der Waals surface area (Å²) < 4.78 is 19.2. The average Bonchev–Trinajstić information content (AvgIpc) is 3.10. The Balaban J connectivity index is 1.60. The van der Waals surface area contributed by atoms with Crippen molar-refractivity contribution in [1.29, 1.82) is 0 Å². The van der Waals surface area contributed by atoms with E-state index in [0.29, 0.717) is 5.70 Å². The fraction of sp³-hybridized carbons (Fsp3) is 0.190. The van der Waals surface area contributed by atoms with Crippen LogP contribution in [-0.4, -0.2) is 36.0 Å². The first-order valence-corrected chi connectivity index (χ1v) is 9.51. The summed E-state index contributed by atoms with van der Waals surface area (Å²) in [6, 6.07) is 10.4. The summed E-state index contributed by atoms with van der Waals surface area (Å²) in [6.45, 7) is 1.39. The number of esters is 1. The Morgan fingerprint density at radius 3 is 2.73 bits per heavy atom. The van der Waals surface area contributed by atoms with Gasteiger partial charge in [0.1, 0.15) is 13.2 Å². The second-order valence-electron chi connectivity index (χ2n) is 6.97. The van der Waals surface area contributed by atoms with E-state index in [1.165, 1.54) is 18.2 Å². The van der Waals surface area contributed by atoms with E-state index in [2.05, 4.69) is 10.6 Å². The van der Waals surface area contributed by atoms with E-state index >= 15 is 0 Å². The summed E-state index contributed by atoms with van der Waals surface area (Å²) >= 11 is 5.72. The molecule has 9 heteroatoms. The van der Waals surface area contributed by atoms with Crippen molar-refractivity contribution in [3.05, 3.63) is 75.7 Å². The van der Waals surface area contributed by atoms with E-state index < -0.39 is 36.3 Å². The minimum Gasteiger partial charge on any atom is -0.456 e. The molecule has 0 fully saturated rings. The van der Waals surface area contributed by atoms with E-state index in [-0.39, 0.29) is 22.9 Å². The number of benzene rings is 2. The maximum absolute atomic E-state index is 14.0. The molecule has 2 N–H and O–H groups in total. The standard InChI is InChI=1S/C21H17ClFN3O4/c1-11-5-7-12(8-6-11)19-17-15(10-30-20(17)28)26(21(29)25-19)9-16(27)24-14-4-2-3-13(22)18(14)23/h2-8,19H,9-10H2,1H3,(H,24,27)(H,25,29). The van der Waals surface area contributed by atoms with Gasteiger partial charge in [-0.25, -0.2) is 14.0 Å². The van der Waals surface area contributed by atoms with Crippen molar-refractivity contribution in [2.75, 3.05) is 18.5 Å². The summed E-state index contributed by atoms with van der Waals surface area (Å²) in [5, 5.41) is 5.00. The normalized spacial score (nSPS) is 18.1. The third-order valence-electron chi connectivity index (χ3n) is 4.94. The van der Waals surface area contributed by atoms with Gasteiger partial charge in [-0.3, -0.25) is 9.69 Å². The molecule has 2 heterocycles. The quantitative estimate of drug-likeness (QED) is 0.730. The largest absolute Gasteiger partial charge is 0.456 e. The van der Waals surface area contributed by atoms with Crippen molar-refractivity contribution in [2.45, 2.75) is 13.0 Å². The van der Waals surface area contributed by atoms with Crippen molar-refractivity contribution in [3.63, 3.8) is 0 Å². The molecule has 0 spiro atoms. The smallest absolute Gasteiger partial charge is 0.338 e. The van der Waals surface area contributed by atoms with Gasteiger partial charge in [-0.05, 0) is 24.6 Å². The van der Waals surface area contributed by atoms with Crippen LogP contribution in [0.25, 0.3) is 0 Å². The summed E-state index contributed by atoms with van der Waals surface area (Å²) in [5.74, 6) is -1.97. The van der Waals surface area contributed by atoms with E-state index in [4.69, 9.17) is 16.3 Å². The van der Waals surface area contributed by atoms with Crippen LogP contribution in [0.3, 0.4) is 0 Å². The van der Waals surface area contributed by atoms with Gasteiger partial charge in [-0.1, -0.05) is 47.5 Å². The molecule has 1 atom stereocenters. The second-order valence-corrected chi connectivity index (χ2v) is 7.37. The fourth-order valence-electron chi connectivity index (χ4n) is 3.42. The number of carbonyl (C=O) groups is 3. The molecule has 7 nitrogen and oxygen atoms in total. The molecule has 0 bridgehead atoms. The molecular weight excluding hydrogens is 413 g/mol. The van der Waals surface area contributed by atoms with Crippen molar-refractivity contribution >= 4 is 35.2 Å². The predicted molar refractivity (Wildman–Crippen MR) is 107 cm³/mol. The van der Waals surface area contributed by atoms with Gasteiger partial charge in [0.25, 0.3) is 0 Å². The van der Waals surface area contributed by atoms with E-state index in [1.807, 2.05) is 31.2 Å². The molecule has 0 aliphatic carbocycles. The Morgan fingerprint density at radius 2 is 2.00 bits per heavy atom. The Kier molecular flexibility index (Phi) is 5.17. The predicted octanol–water partition coefficient (Wildman–Crippen LogP) is 3.30. The number of hydrogen-bond donors (Lipinski definition) is 2. The minimum atomic E-state index is -0.769. The van der Waals surface area contributed by atoms with Crippen molar-refractivity contribution < 1.29 is 23.5 Å². The van der Waals surface area contributed by atoms with Gasteiger partial charge in [0.05, 0.1) is 28.0 Å². The first kappa shape index (κ1) is 19.9. The Morgan fingerprint density at radius 1 is 1.27 bits per heavy atom. The highest BCUT2D eigenvalue weighted by molar-refractivity contribution is 6.31. The molecule has 30 heavy (non-hydrogen) atoms. The Hall–Kier alpha value is -3.39. The van der Waals surface area contributed by atoms with Crippen LogP contribution in [0.15, 0.2) is 53.7 Å². The highest BCUT2D eigenvalue weighted by Crippen LogP contribution is 2.35. The number of rotatable bonds is 4. The van der Waals surface area contributed by atoms with Gasteiger partial charge in [0, 0.05) is 0 Å². The summed E-state index contributed by atoms with van der Waals surface area (Å²) in [6.07, 6.45) is 0. The van der Waals surface area contributed by atoms with Gasteiger partial charge >= 0.3 is 12.0 Å². The highest BCUT2D eigenvalue weighted by atomic mass is 35.5. The molecule has 2 aromatic carbocycles. The van der Waals surface area contributed by atoms with Crippen LogP contribution >= 0.6 is 11.6 Å². The molecule has 0 saturated heterocycles. The van der Waals surface area contributed by atoms with Crippen molar-refractivity contribution in [1.82, 2.24) is 10.2 Å². The summed E-state index contributed by atoms with van der Waals surface area (Å²) in [4.78, 5) is 38.7. The fourth-order valence-corrected chi connectivity index (χ4v) is 3.60. The number of ether oxygens (including phenoxy) is 1. The lowest BCUT2D eigenvalue weighted by Gasteiger charge is -2.32. The highest BCUT2D eigenvalue weighted by Gasteiger charge is 2.42. The zero-order chi connectivity index (χ0) is 21.4. The van der Waals surface area contributed by atoms with Gasteiger partial charge in [-0.2, -0.15) is 0 Å². The van der Waals surface area contributed by atoms with Gasteiger partial charge < -0.3 is 15.4 Å². The lowest BCUT2D eigenvalue weighted by atomic mass is 9.95. The van der Waals surface area contributed by atoms with Crippen LogP contribution in [0.4, 0.5) is 14.9 Å². The molecule has 0 radical (unpaired) electrons. The third kappa shape index (κ3) is 3.61. The number of urea groups is 1. The Labute approximate surface area is 176 Å². The van der Waals surface area contributed by atoms with Gasteiger partial charge in [-0.15, -0.1) is 0 Å². The van der Waals surface area contributed by atoms with E-state index in [0.717, 1.165) is 16.0 Å². The zero-order valence-corrected chi connectivity index (χ0v) is 16.6. The lowest BCUT2D eigenvalue weighted by Crippen LogP contribution is -2.49. The average molecular weight is 430 g/mol. The van der Waals surface area contributed by atoms with Gasteiger partial charge in [0.15, 0.2) is 5.82 Å². The van der Waals surface area contributed by atoms with Crippen LogP contribution < -0.4 is 10.6 Å². The molecule has 0 aromatic heterocycles. The number of nitrogens with one attached hydrogen (secondary N) is 2. The third-order valence-corrected chi connectivity index (χ3v) is 5.23. The minimum absolute atomic E-state index is 0.101. The maximum Gasteiger partial charge on any atom is 0.338 e. The van der Waals surface area contributed by atoms with Crippen LogP contribution in [0.2, 0.25) is 5.02 Å². The number of halogens is 2. The number of carbonyl (C=O) groups excluding carboxylic acids is 3. The number of cyclic esters (lactones) is 1. The molecule has 3 amide bonds. The topological polar surface area (TPSA) is 87.7 Å². The number of nitrogens with zero attached hydrogens (tertiary/aromatic N) is 1. The molecule has 2 aliphatic rings. The molecule has 2 aromatic rings. The number of hydrogen-bond acceptors (Lipinski definition) is 4. The summed E-state index contributed by atoms with van der Waals surface area (Å²) in [5.41, 5.74) is 2.26. The second kappa shape index (κ2) is 7.79. The first-order valence-electron chi connectivity index (χ1n) is 9.14. The maximum atomic E-state index is 14.0. The Bertz CT molecular complexity index is 1080. The molecule has 2 aliphatic heterocycles. The summed E-state index contributed by atoms with van der Waals surface area (Å²) in [7, 11) is 0. The van der Waals surface area contributed by atoms with Crippen LogP contribution in [0.1, 0.15) is 17.2 Å². The van der Waals surface area contributed by atoms with Crippen LogP contribution in [-0.2, 0) is 14.3 Å². The van der Waals surface area contributed by atoms with Gasteiger partial charge in [0.2, 0.25) is 5.91 Å². The van der Waals surface area contributed by atoms with Crippen molar-refractivity contribution in [2.24, 2.45) is 0 Å². The number of amides is 3. The van der Waals surface area contributed by atoms with Crippen LogP contribution in [0.5, 0.6) is 0 Å². The molecule has 0 saturated carbocycles. The van der Waals surface area contributed by atoms with Crippen LogP contribution in [0, 0.1) is 12.7 Å². The number of aryl methyl sites for hydroxylation is 1. The van der Waals surface area contributed by atoms with E-state index in [1.54, 1.807) is 0 Å². The van der Waals surface area contributed by atoms with E-state index in [9.17, 15) is 18.8 Å². The zero-order valence-electron chi connectivity index (χ0n) is 15.9. The monoisotopic (exact) mass is 429 g/mol. The molecular formula is C21H17ClFN3O4. The lowest BCUT2D eigenvalue weighted by molar-refractivity contribution is -0.136. The molecule has 4 rings (SSSR count). The molecule has 1 unspecified atom stereocenters. The number of anilines is 1. The first-order chi connectivity index (χ1) is 14.3. The molecule has 154 valence electrons. The SMILES string of the molecule is Cc1ccc(C2NC(=O)N(CC(=O)Nc3cccc(Cl)c3F)C3=C2C(=O)OC3)cc1.